The van der Waals surface area contributed by atoms with Crippen molar-refractivity contribution >= 4 is 11.5 Å². The molecule has 0 amide bonds. The van der Waals surface area contributed by atoms with E-state index in [1.807, 2.05) is 6.07 Å². The Kier molecular flexibility index (Phi) is 6.03. The van der Waals surface area contributed by atoms with E-state index in [0.717, 1.165) is 0 Å². The van der Waals surface area contributed by atoms with Crippen LogP contribution in [-0.2, 0) is 0 Å². The van der Waals surface area contributed by atoms with Gasteiger partial charge in [-0.05, 0) is 42.8 Å². The molecule has 0 aliphatic carbocycles. The lowest BCUT2D eigenvalue weighted by Gasteiger charge is -2.15. The number of nitrogens with one attached hydrogen (secondary N) is 1. The summed E-state index contributed by atoms with van der Waals surface area (Å²) in [6.45, 7) is -1.41. The molecule has 0 heterocycles. The Labute approximate surface area is 143 Å². The number of nitriles is 1. The number of hydrogen-bond acceptors (Lipinski definition) is 5. The summed E-state index contributed by atoms with van der Waals surface area (Å²) in [4.78, 5) is 11.4. The van der Waals surface area contributed by atoms with Crippen LogP contribution in [0.3, 0.4) is 0 Å². The molecule has 25 heavy (non-hydrogen) atoms. The van der Waals surface area contributed by atoms with Gasteiger partial charge < -0.3 is 15.2 Å². The lowest BCUT2D eigenvalue weighted by molar-refractivity contribution is -0.0498. The zero-order chi connectivity index (χ0) is 18.4. The quantitative estimate of drug-likeness (QED) is 0.750. The highest BCUT2D eigenvalue weighted by Gasteiger charge is 2.11. The Morgan fingerprint density at radius 1 is 1.28 bits per heavy atom. The fraction of sp³-hybridized carbons (Fsp3) is 0.222. The first-order chi connectivity index (χ1) is 11.9. The summed E-state index contributed by atoms with van der Waals surface area (Å²) in [6, 6.07) is 12.3. The van der Waals surface area contributed by atoms with Crippen LogP contribution in [-0.4, -0.2) is 24.0 Å². The fourth-order valence-corrected chi connectivity index (χ4v) is 2.20. The lowest BCUT2D eigenvalue weighted by Crippen LogP contribution is -2.13. The smallest absolute Gasteiger partial charge is 0.387 e. The van der Waals surface area contributed by atoms with Crippen LogP contribution in [0.1, 0.15) is 34.5 Å². The first kappa shape index (κ1) is 18.4. The molecule has 7 heteroatoms. The number of rotatable bonds is 7. The maximum Gasteiger partial charge on any atom is 0.387 e. The van der Waals surface area contributed by atoms with Crippen LogP contribution in [0.2, 0.25) is 0 Å². The minimum atomic E-state index is -2.91. The number of ether oxygens (including phenoxy) is 1. The number of carbonyl (C=O) groups is 1. The van der Waals surface area contributed by atoms with Gasteiger partial charge >= 0.3 is 6.61 Å². The summed E-state index contributed by atoms with van der Waals surface area (Å²) in [6.07, 6.45) is -0.937. The molecule has 0 saturated heterocycles. The highest BCUT2D eigenvalue weighted by atomic mass is 19.3. The topological polar surface area (TPSA) is 82.4 Å². The third-order valence-corrected chi connectivity index (χ3v) is 3.52. The van der Waals surface area contributed by atoms with E-state index < -0.39 is 12.7 Å². The molecule has 2 aromatic carbocycles. The van der Waals surface area contributed by atoms with Crippen molar-refractivity contribution in [3.8, 4) is 11.8 Å². The predicted molar refractivity (Wildman–Crippen MR) is 87.7 cm³/mol. The van der Waals surface area contributed by atoms with Gasteiger partial charge in [-0.2, -0.15) is 14.0 Å². The zero-order valence-corrected chi connectivity index (χ0v) is 13.4. The van der Waals surface area contributed by atoms with Crippen LogP contribution in [0, 0.1) is 11.3 Å². The number of hydrogen-bond donors (Lipinski definition) is 2. The average molecular weight is 346 g/mol. The van der Waals surface area contributed by atoms with Crippen molar-refractivity contribution in [1.29, 1.82) is 5.26 Å². The van der Waals surface area contributed by atoms with Crippen LogP contribution in [0.25, 0.3) is 0 Å². The van der Waals surface area contributed by atoms with Crippen LogP contribution in [0.15, 0.2) is 42.5 Å². The molecule has 2 rings (SSSR count). The third-order valence-electron chi connectivity index (χ3n) is 3.52. The number of aliphatic hydroxyl groups is 1. The summed E-state index contributed by atoms with van der Waals surface area (Å²) < 4.78 is 28.5. The van der Waals surface area contributed by atoms with Gasteiger partial charge in [-0.3, -0.25) is 4.79 Å². The first-order valence-electron chi connectivity index (χ1n) is 7.42. The minimum absolute atomic E-state index is 0.000152. The highest BCUT2D eigenvalue weighted by Crippen LogP contribution is 2.22. The number of benzene rings is 2. The number of Topliss-reactive ketones (excluding diaryl/α,β-unsaturated/α-hetero) is 1. The lowest BCUT2D eigenvalue weighted by atomic mass is 10.1. The normalized spacial score (nSPS) is 11.7. The fourth-order valence-electron chi connectivity index (χ4n) is 2.20. The maximum atomic E-state index is 12.1. The second-order valence-electron chi connectivity index (χ2n) is 5.27. The molecule has 130 valence electrons. The molecule has 0 saturated carbocycles. The molecule has 0 radical (unpaired) electrons. The highest BCUT2D eigenvalue weighted by molar-refractivity contribution is 5.95. The minimum Gasteiger partial charge on any atom is -0.435 e. The molecule has 0 aliphatic heterocycles. The number of nitrogens with zero attached hydrogens (tertiary/aromatic N) is 1. The van der Waals surface area contributed by atoms with Gasteiger partial charge in [-0.25, -0.2) is 0 Å². The van der Waals surface area contributed by atoms with Gasteiger partial charge in [0.2, 0.25) is 0 Å². The van der Waals surface area contributed by atoms with E-state index in [2.05, 4.69) is 10.1 Å². The average Bonchev–Trinajstić information content (AvgIpc) is 2.59. The summed E-state index contributed by atoms with van der Waals surface area (Å²) >= 11 is 0. The molecule has 5 nitrogen and oxygen atoms in total. The molecule has 2 N–H and O–H groups in total. The number of halogens is 2. The van der Waals surface area contributed by atoms with Crippen molar-refractivity contribution in [3.63, 3.8) is 0 Å². The van der Waals surface area contributed by atoms with Crippen LogP contribution in [0.5, 0.6) is 5.75 Å². The van der Waals surface area contributed by atoms with E-state index in [1.54, 1.807) is 12.1 Å². The van der Waals surface area contributed by atoms with Crippen LogP contribution in [0.4, 0.5) is 14.5 Å². The Balaban J connectivity index is 2.06. The second kappa shape index (κ2) is 8.22. The van der Waals surface area contributed by atoms with E-state index in [0.29, 0.717) is 22.4 Å². The van der Waals surface area contributed by atoms with Gasteiger partial charge in [0, 0.05) is 12.1 Å². The van der Waals surface area contributed by atoms with E-state index in [-0.39, 0.29) is 18.1 Å². The third kappa shape index (κ3) is 4.99. The number of anilines is 1. The van der Waals surface area contributed by atoms with Gasteiger partial charge in [-0.15, -0.1) is 0 Å². The van der Waals surface area contributed by atoms with Crippen LogP contribution < -0.4 is 10.1 Å². The number of aliphatic hydroxyl groups excluding tert-OH is 1. The molecule has 0 aliphatic rings. The maximum absolute atomic E-state index is 12.1. The van der Waals surface area contributed by atoms with Crippen molar-refractivity contribution in [2.24, 2.45) is 0 Å². The van der Waals surface area contributed by atoms with Crippen molar-refractivity contribution in [2.45, 2.75) is 19.6 Å². The summed E-state index contributed by atoms with van der Waals surface area (Å²) in [5.74, 6) is -0.137. The number of ketones is 1. The van der Waals surface area contributed by atoms with Gasteiger partial charge in [0.1, 0.15) is 11.8 Å². The predicted octanol–water partition coefficient (Wildman–Crippen LogP) is 3.51. The molecule has 0 aromatic heterocycles. The molecule has 1 unspecified atom stereocenters. The van der Waals surface area contributed by atoms with E-state index >= 15 is 0 Å². The molecule has 1 atom stereocenters. The largest absolute Gasteiger partial charge is 0.435 e. The van der Waals surface area contributed by atoms with Crippen LogP contribution >= 0.6 is 0 Å². The van der Waals surface area contributed by atoms with E-state index in [9.17, 15) is 18.7 Å². The first-order valence-corrected chi connectivity index (χ1v) is 7.42. The van der Waals surface area contributed by atoms with Crippen molar-refractivity contribution < 1.29 is 23.4 Å². The van der Waals surface area contributed by atoms with Crippen molar-refractivity contribution in [3.05, 3.63) is 59.2 Å². The molecular formula is C18H16F2N2O3. The molecule has 0 spiro atoms. The zero-order valence-electron chi connectivity index (χ0n) is 13.4. The molecule has 0 bridgehead atoms. The number of carbonyl (C=O) groups excluding carboxylic acids is 1. The summed E-state index contributed by atoms with van der Waals surface area (Å²) in [5.41, 5.74) is 1.73. The number of alkyl halides is 2. The van der Waals surface area contributed by atoms with Gasteiger partial charge in [-0.1, -0.05) is 12.1 Å². The van der Waals surface area contributed by atoms with E-state index in [1.165, 1.54) is 37.3 Å². The van der Waals surface area contributed by atoms with E-state index in [4.69, 9.17) is 5.26 Å². The van der Waals surface area contributed by atoms with Gasteiger partial charge in [0.05, 0.1) is 17.4 Å². The van der Waals surface area contributed by atoms with Crippen molar-refractivity contribution in [2.75, 3.05) is 11.9 Å². The summed E-state index contributed by atoms with van der Waals surface area (Å²) in [5, 5.41) is 22.2. The van der Waals surface area contributed by atoms with Crippen molar-refractivity contribution in [1.82, 2.24) is 0 Å². The standard InChI is InChI=1S/C18H16F2N2O3/c1-11(23)13-2-3-14(9-21)16(8-13)22-10-17(24)12-4-6-15(7-5-12)25-18(19)20/h2-8,17-18,22,24H,10H2,1H3. The Bertz CT molecular complexity index is 786. The molecular weight excluding hydrogens is 330 g/mol. The SMILES string of the molecule is CC(=O)c1ccc(C#N)c(NCC(O)c2ccc(OC(F)F)cc2)c1. The monoisotopic (exact) mass is 346 g/mol. The Morgan fingerprint density at radius 2 is 1.96 bits per heavy atom. The van der Waals surface area contributed by atoms with Gasteiger partial charge in [0.25, 0.3) is 0 Å². The molecule has 2 aromatic rings. The Morgan fingerprint density at radius 3 is 2.52 bits per heavy atom. The van der Waals surface area contributed by atoms with Gasteiger partial charge in [0.15, 0.2) is 5.78 Å². The summed E-state index contributed by atoms with van der Waals surface area (Å²) in [7, 11) is 0. The Hall–Kier alpha value is -2.98. The molecule has 0 fully saturated rings. The second-order valence-corrected chi connectivity index (χ2v) is 5.27.